The van der Waals surface area contributed by atoms with Gasteiger partial charge < -0.3 is 10.1 Å². The quantitative estimate of drug-likeness (QED) is 0.645. The number of amides is 1. The van der Waals surface area contributed by atoms with Crippen LogP contribution in [0.1, 0.15) is 29.8 Å². The molecule has 0 saturated carbocycles. The third-order valence-corrected chi connectivity index (χ3v) is 3.85. The first-order valence-corrected chi connectivity index (χ1v) is 7.90. The van der Waals surface area contributed by atoms with E-state index in [1.807, 2.05) is 6.07 Å². The minimum atomic E-state index is -0.819. The van der Waals surface area contributed by atoms with E-state index >= 15 is 0 Å². The van der Waals surface area contributed by atoms with Crippen LogP contribution in [0.25, 0.3) is 0 Å². The number of benzene rings is 1. The minimum absolute atomic E-state index is 0.0969. The van der Waals surface area contributed by atoms with E-state index in [4.69, 9.17) is 16.3 Å². The Morgan fingerprint density at radius 3 is 2.58 bits per heavy atom. The number of rotatable bonds is 6. The molecule has 1 amide bonds. The van der Waals surface area contributed by atoms with Crippen LogP contribution in [-0.4, -0.2) is 30.0 Å². The monoisotopic (exact) mass is 346 g/mol. The van der Waals surface area contributed by atoms with Gasteiger partial charge in [-0.05, 0) is 43.7 Å². The number of ether oxygens (including phenoxy) is 1. The molecule has 0 atom stereocenters. The maximum atomic E-state index is 12.3. The van der Waals surface area contributed by atoms with Crippen LogP contribution in [0.15, 0.2) is 48.8 Å². The summed E-state index contributed by atoms with van der Waals surface area (Å²) in [6.45, 7) is 3.88. The van der Waals surface area contributed by atoms with Crippen LogP contribution in [0.2, 0.25) is 5.02 Å². The molecule has 2 rings (SSSR count). The van der Waals surface area contributed by atoms with Gasteiger partial charge in [-0.15, -0.1) is 0 Å². The lowest BCUT2D eigenvalue weighted by molar-refractivity contribution is -0.149. The number of carbonyl (C=O) groups excluding carboxylic acids is 2. The summed E-state index contributed by atoms with van der Waals surface area (Å²) < 4.78 is 5.28. The average molecular weight is 347 g/mol. The van der Waals surface area contributed by atoms with Crippen molar-refractivity contribution >= 4 is 23.5 Å². The lowest BCUT2D eigenvalue weighted by Crippen LogP contribution is -2.34. The summed E-state index contributed by atoms with van der Waals surface area (Å²) in [5, 5.41) is 3.26. The van der Waals surface area contributed by atoms with Gasteiger partial charge in [-0.3, -0.25) is 14.6 Å². The summed E-state index contributed by atoms with van der Waals surface area (Å²) in [5.41, 5.74) is 0.469. The molecule has 0 spiro atoms. The van der Waals surface area contributed by atoms with Crippen LogP contribution < -0.4 is 5.32 Å². The Kier molecular flexibility index (Phi) is 5.93. The van der Waals surface area contributed by atoms with Crippen LogP contribution in [0, 0.1) is 0 Å². The van der Waals surface area contributed by atoms with E-state index in [0.717, 1.165) is 5.56 Å². The van der Waals surface area contributed by atoms with Crippen molar-refractivity contribution < 1.29 is 14.3 Å². The van der Waals surface area contributed by atoms with E-state index in [1.165, 1.54) is 0 Å². The third kappa shape index (κ3) is 4.55. The Morgan fingerprint density at radius 2 is 1.92 bits per heavy atom. The van der Waals surface area contributed by atoms with Crippen molar-refractivity contribution in [3.05, 3.63) is 64.9 Å². The zero-order valence-corrected chi connectivity index (χ0v) is 14.3. The number of aromatic nitrogens is 1. The van der Waals surface area contributed by atoms with Gasteiger partial charge in [0, 0.05) is 23.0 Å². The van der Waals surface area contributed by atoms with Gasteiger partial charge in [-0.1, -0.05) is 23.7 Å². The van der Waals surface area contributed by atoms with Gasteiger partial charge in [0.05, 0.1) is 12.0 Å². The molecule has 0 aliphatic carbocycles. The van der Waals surface area contributed by atoms with Crippen molar-refractivity contribution in [2.75, 3.05) is 13.2 Å². The number of hydrogen-bond donors (Lipinski definition) is 1. The molecule has 0 radical (unpaired) electrons. The minimum Gasteiger partial charge on any atom is -0.463 e. The van der Waals surface area contributed by atoms with Crippen LogP contribution in [-0.2, 0) is 14.9 Å². The summed E-state index contributed by atoms with van der Waals surface area (Å²) in [7, 11) is 0. The Morgan fingerprint density at radius 1 is 1.21 bits per heavy atom. The van der Waals surface area contributed by atoms with Gasteiger partial charge in [0.25, 0.3) is 5.91 Å². The molecule has 1 N–H and O–H groups in total. The van der Waals surface area contributed by atoms with Gasteiger partial charge in [-0.2, -0.15) is 0 Å². The molecule has 5 nitrogen and oxygen atoms in total. The van der Waals surface area contributed by atoms with E-state index in [0.29, 0.717) is 10.6 Å². The molecule has 1 aromatic carbocycles. The van der Waals surface area contributed by atoms with Crippen molar-refractivity contribution in [3.63, 3.8) is 0 Å². The molecule has 0 saturated heterocycles. The van der Waals surface area contributed by atoms with Crippen LogP contribution in [0.3, 0.4) is 0 Å². The number of hydrogen-bond acceptors (Lipinski definition) is 4. The zero-order valence-electron chi connectivity index (χ0n) is 13.6. The van der Waals surface area contributed by atoms with E-state index in [-0.39, 0.29) is 25.0 Å². The second kappa shape index (κ2) is 7.93. The smallest absolute Gasteiger partial charge is 0.316 e. The Balaban J connectivity index is 1.83. The molecule has 2 aromatic rings. The number of nitrogens with one attached hydrogen (secondary N) is 1. The van der Waals surface area contributed by atoms with Gasteiger partial charge in [-0.25, -0.2) is 0 Å². The summed E-state index contributed by atoms with van der Waals surface area (Å²) in [6, 6.07) is 10.3. The number of esters is 1. The fraction of sp³-hybridized carbons (Fsp3) is 0.278. The number of nitrogens with zero attached hydrogens (tertiary/aromatic N) is 1. The molecule has 0 bridgehead atoms. The van der Waals surface area contributed by atoms with Gasteiger partial charge in [0.15, 0.2) is 0 Å². The normalized spacial score (nSPS) is 11.0. The van der Waals surface area contributed by atoms with Crippen LogP contribution in [0.4, 0.5) is 0 Å². The lowest BCUT2D eigenvalue weighted by Gasteiger charge is -2.23. The molecular weight excluding hydrogens is 328 g/mol. The van der Waals surface area contributed by atoms with E-state index in [2.05, 4.69) is 10.3 Å². The first-order chi connectivity index (χ1) is 11.4. The predicted octanol–water partition coefficient (Wildman–Crippen LogP) is 2.99. The van der Waals surface area contributed by atoms with E-state index in [1.54, 1.807) is 56.6 Å². The first kappa shape index (κ1) is 17.9. The molecule has 6 heteroatoms. The van der Waals surface area contributed by atoms with Crippen molar-refractivity contribution in [1.29, 1.82) is 0 Å². The highest BCUT2D eigenvalue weighted by Crippen LogP contribution is 2.26. The van der Waals surface area contributed by atoms with Gasteiger partial charge in [0.1, 0.15) is 6.61 Å². The summed E-state index contributed by atoms with van der Waals surface area (Å²) in [4.78, 5) is 28.0. The topological polar surface area (TPSA) is 68.3 Å². The molecule has 0 fully saturated rings. The average Bonchev–Trinajstić information content (AvgIpc) is 2.59. The van der Waals surface area contributed by atoms with Crippen molar-refractivity contribution in [1.82, 2.24) is 10.3 Å². The summed E-state index contributed by atoms with van der Waals surface area (Å²) >= 11 is 5.97. The largest absolute Gasteiger partial charge is 0.463 e. The molecule has 24 heavy (non-hydrogen) atoms. The third-order valence-electron chi connectivity index (χ3n) is 3.62. The molecular formula is C18H19ClN2O3. The highest BCUT2D eigenvalue weighted by atomic mass is 35.5. The van der Waals surface area contributed by atoms with E-state index < -0.39 is 5.41 Å². The SMILES string of the molecule is CC(C)(C(=O)OCCNC(=O)c1ccncc1)c1cccc(Cl)c1. The van der Waals surface area contributed by atoms with Crippen LogP contribution in [0.5, 0.6) is 0 Å². The maximum absolute atomic E-state index is 12.3. The molecule has 0 aliphatic heterocycles. The number of halogens is 1. The van der Waals surface area contributed by atoms with E-state index in [9.17, 15) is 9.59 Å². The molecule has 0 unspecified atom stereocenters. The molecule has 126 valence electrons. The Hall–Kier alpha value is -2.40. The second-order valence-electron chi connectivity index (χ2n) is 5.76. The molecule has 1 aromatic heterocycles. The van der Waals surface area contributed by atoms with Crippen LogP contribution >= 0.6 is 11.6 Å². The van der Waals surface area contributed by atoms with Crippen molar-refractivity contribution in [3.8, 4) is 0 Å². The lowest BCUT2D eigenvalue weighted by atomic mass is 9.85. The maximum Gasteiger partial charge on any atom is 0.316 e. The van der Waals surface area contributed by atoms with Crippen molar-refractivity contribution in [2.24, 2.45) is 0 Å². The Bertz CT molecular complexity index is 717. The van der Waals surface area contributed by atoms with Crippen molar-refractivity contribution in [2.45, 2.75) is 19.3 Å². The second-order valence-corrected chi connectivity index (χ2v) is 6.20. The van der Waals surface area contributed by atoms with Gasteiger partial charge >= 0.3 is 5.97 Å². The predicted molar refractivity (Wildman–Crippen MR) is 92.0 cm³/mol. The number of pyridine rings is 1. The Labute approximate surface area is 146 Å². The number of carbonyl (C=O) groups is 2. The zero-order chi connectivity index (χ0) is 17.6. The fourth-order valence-corrected chi connectivity index (χ4v) is 2.28. The van der Waals surface area contributed by atoms with Gasteiger partial charge in [0.2, 0.25) is 0 Å². The standard InChI is InChI=1S/C18H19ClN2O3/c1-18(2,14-4-3-5-15(19)12-14)17(23)24-11-10-21-16(22)13-6-8-20-9-7-13/h3-9,12H,10-11H2,1-2H3,(H,21,22). The molecule has 0 aliphatic rings. The molecule has 1 heterocycles. The highest BCUT2D eigenvalue weighted by molar-refractivity contribution is 6.30. The first-order valence-electron chi connectivity index (χ1n) is 7.53. The fourth-order valence-electron chi connectivity index (χ4n) is 2.09. The summed E-state index contributed by atoms with van der Waals surface area (Å²) in [6.07, 6.45) is 3.09. The highest BCUT2D eigenvalue weighted by Gasteiger charge is 2.31. The summed E-state index contributed by atoms with van der Waals surface area (Å²) in [5.74, 6) is -0.606.